The molecule has 0 spiro atoms. The standard InChI is InChI=1S/C24H28FN3O2S/c1-3-12-28(13-4-2)14-11-26-23(29)18-9-10-21-20(15-18)27-24(30)22(31-21)16-17-7-5-6-8-19(17)25/h5-10,15-16H,3-4,11-14H2,1-2H3,(H,26,29)(H,27,30)/p+1. The van der Waals surface area contributed by atoms with Crippen LogP contribution in [0.25, 0.3) is 6.08 Å². The van der Waals surface area contributed by atoms with Gasteiger partial charge in [0.15, 0.2) is 0 Å². The molecule has 0 bridgehead atoms. The fraction of sp³-hybridized carbons (Fsp3) is 0.333. The molecule has 0 radical (unpaired) electrons. The minimum Gasteiger partial charge on any atom is -0.346 e. The highest BCUT2D eigenvalue weighted by Gasteiger charge is 2.22. The fourth-order valence-electron chi connectivity index (χ4n) is 3.57. The number of hydrogen-bond acceptors (Lipinski definition) is 3. The molecule has 0 atom stereocenters. The van der Waals surface area contributed by atoms with Crippen LogP contribution in [0.4, 0.5) is 10.1 Å². The highest BCUT2D eigenvalue weighted by atomic mass is 32.2. The van der Waals surface area contributed by atoms with E-state index in [1.54, 1.807) is 36.4 Å². The Balaban J connectivity index is 1.65. The SMILES string of the molecule is CCC[NH+](CCC)CCNC(=O)c1ccc2c(c1)NC(=O)C(=Cc1ccccc1F)S2. The maximum Gasteiger partial charge on any atom is 0.262 e. The number of fused-ring (bicyclic) bond motifs is 1. The van der Waals surface area contributed by atoms with Gasteiger partial charge in [-0.05, 0) is 43.2 Å². The van der Waals surface area contributed by atoms with Crippen molar-refractivity contribution in [2.75, 3.05) is 31.5 Å². The van der Waals surface area contributed by atoms with Crippen LogP contribution in [-0.2, 0) is 4.79 Å². The summed E-state index contributed by atoms with van der Waals surface area (Å²) in [4.78, 5) is 27.8. The van der Waals surface area contributed by atoms with Gasteiger partial charge in [-0.3, -0.25) is 9.59 Å². The number of nitrogens with one attached hydrogen (secondary N) is 3. The highest BCUT2D eigenvalue weighted by Crippen LogP contribution is 2.39. The molecule has 2 aromatic rings. The van der Waals surface area contributed by atoms with Gasteiger partial charge in [-0.1, -0.05) is 43.8 Å². The number of anilines is 1. The lowest BCUT2D eigenvalue weighted by atomic mass is 10.1. The number of carbonyl (C=O) groups is 2. The number of quaternary nitrogens is 1. The van der Waals surface area contributed by atoms with Gasteiger partial charge in [-0.15, -0.1) is 0 Å². The molecule has 1 aliphatic heterocycles. The third-order valence-electron chi connectivity index (χ3n) is 5.10. The number of carbonyl (C=O) groups excluding carboxylic acids is 2. The molecule has 31 heavy (non-hydrogen) atoms. The second-order valence-electron chi connectivity index (χ2n) is 7.55. The van der Waals surface area contributed by atoms with Crippen molar-refractivity contribution >= 4 is 35.3 Å². The van der Waals surface area contributed by atoms with Crippen LogP contribution in [0.15, 0.2) is 52.3 Å². The van der Waals surface area contributed by atoms with Gasteiger partial charge in [0.1, 0.15) is 5.82 Å². The van der Waals surface area contributed by atoms with Crippen LogP contribution < -0.4 is 15.5 Å². The third kappa shape index (κ3) is 6.18. The maximum absolute atomic E-state index is 13.9. The van der Waals surface area contributed by atoms with E-state index < -0.39 is 0 Å². The minimum absolute atomic E-state index is 0.151. The molecule has 2 aromatic carbocycles. The molecule has 0 aromatic heterocycles. The van der Waals surface area contributed by atoms with Gasteiger partial charge >= 0.3 is 0 Å². The molecule has 0 saturated heterocycles. The van der Waals surface area contributed by atoms with Crippen molar-refractivity contribution in [2.45, 2.75) is 31.6 Å². The quantitative estimate of drug-likeness (QED) is 0.522. The normalized spacial score (nSPS) is 14.5. The first-order valence-electron chi connectivity index (χ1n) is 10.7. The average Bonchev–Trinajstić information content (AvgIpc) is 2.75. The molecule has 0 fully saturated rings. The van der Waals surface area contributed by atoms with Gasteiger partial charge in [0.2, 0.25) is 0 Å². The monoisotopic (exact) mass is 442 g/mol. The molecule has 3 N–H and O–H groups in total. The fourth-order valence-corrected chi connectivity index (χ4v) is 4.49. The van der Waals surface area contributed by atoms with Crippen molar-refractivity contribution in [3.8, 4) is 0 Å². The van der Waals surface area contributed by atoms with E-state index in [9.17, 15) is 14.0 Å². The minimum atomic E-state index is -0.375. The topological polar surface area (TPSA) is 62.6 Å². The molecular formula is C24H29FN3O2S+. The molecule has 164 valence electrons. The third-order valence-corrected chi connectivity index (χ3v) is 6.20. The predicted octanol–water partition coefficient (Wildman–Crippen LogP) is 3.35. The van der Waals surface area contributed by atoms with Crippen molar-refractivity contribution in [2.24, 2.45) is 0 Å². The number of thioether (sulfide) groups is 1. The first-order valence-corrected chi connectivity index (χ1v) is 11.5. The van der Waals surface area contributed by atoms with Gasteiger partial charge < -0.3 is 15.5 Å². The lowest BCUT2D eigenvalue weighted by Crippen LogP contribution is -3.12. The van der Waals surface area contributed by atoms with E-state index in [4.69, 9.17) is 0 Å². The summed E-state index contributed by atoms with van der Waals surface area (Å²) >= 11 is 1.27. The van der Waals surface area contributed by atoms with Crippen LogP contribution in [-0.4, -0.2) is 38.0 Å². The smallest absolute Gasteiger partial charge is 0.262 e. The van der Waals surface area contributed by atoms with Crippen molar-refractivity contribution in [1.29, 1.82) is 0 Å². The molecule has 0 aliphatic carbocycles. The number of hydrogen-bond donors (Lipinski definition) is 3. The van der Waals surface area contributed by atoms with Crippen molar-refractivity contribution < 1.29 is 18.9 Å². The molecule has 0 unspecified atom stereocenters. The van der Waals surface area contributed by atoms with E-state index >= 15 is 0 Å². The first kappa shape index (κ1) is 23.0. The van der Waals surface area contributed by atoms with Crippen molar-refractivity contribution in [3.63, 3.8) is 0 Å². The van der Waals surface area contributed by atoms with Crippen LogP contribution in [0, 0.1) is 5.82 Å². The zero-order chi connectivity index (χ0) is 22.2. The largest absolute Gasteiger partial charge is 0.346 e. The summed E-state index contributed by atoms with van der Waals surface area (Å²) in [5.74, 6) is -0.835. The summed E-state index contributed by atoms with van der Waals surface area (Å²) in [6.45, 7) is 8.06. The Kier molecular flexibility index (Phi) is 8.26. The zero-order valence-electron chi connectivity index (χ0n) is 18.0. The number of rotatable bonds is 9. The molecule has 1 aliphatic rings. The van der Waals surface area contributed by atoms with E-state index in [2.05, 4.69) is 24.5 Å². The lowest BCUT2D eigenvalue weighted by Gasteiger charge is -2.20. The summed E-state index contributed by atoms with van der Waals surface area (Å²) in [5.41, 5.74) is 1.47. The second kappa shape index (κ2) is 11.1. The van der Waals surface area contributed by atoms with Gasteiger partial charge in [0.25, 0.3) is 11.8 Å². The summed E-state index contributed by atoms with van der Waals surface area (Å²) in [5, 5.41) is 5.80. The molecule has 5 nitrogen and oxygen atoms in total. The summed E-state index contributed by atoms with van der Waals surface area (Å²) in [6, 6.07) is 11.6. The Morgan fingerprint density at radius 3 is 2.58 bits per heavy atom. The molecule has 1 heterocycles. The summed E-state index contributed by atoms with van der Waals surface area (Å²) < 4.78 is 13.9. The number of amides is 2. The summed E-state index contributed by atoms with van der Waals surface area (Å²) in [7, 11) is 0. The number of halogens is 1. The Labute approximate surface area is 187 Å². The van der Waals surface area contributed by atoms with Crippen molar-refractivity contribution in [3.05, 3.63) is 64.3 Å². The van der Waals surface area contributed by atoms with Crippen molar-refractivity contribution in [1.82, 2.24) is 5.32 Å². The predicted molar refractivity (Wildman–Crippen MR) is 124 cm³/mol. The zero-order valence-corrected chi connectivity index (χ0v) is 18.8. The van der Waals surface area contributed by atoms with Crippen LogP contribution in [0.5, 0.6) is 0 Å². The lowest BCUT2D eigenvalue weighted by molar-refractivity contribution is -0.898. The van der Waals surface area contributed by atoms with Crippen LogP contribution in [0.1, 0.15) is 42.6 Å². The Morgan fingerprint density at radius 2 is 1.87 bits per heavy atom. The Bertz CT molecular complexity index is 971. The van der Waals surface area contributed by atoms with E-state index in [1.807, 2.05) is 6.07 Å². The van der Waals surface area contributed by atoms with Gasteiger partial charge in [-0.25, -0.2) is 4.39 Å². The first-order chi connectivity index (χ1) is 15.0. The molecule has 7 heteroatoms. The molecule has 3 rings (SSSR count). The van der Waals surface area contributed by atoms with Gasteiger partial charge in [0.05, 0.1) is 36.8 Å². The van der Waals surface area contributed by atoms with Gasteiger partial charge in [-0.2, -0.15) is 0 Å². The van der Waals surface area contributed by atoms with Crippen LogP contribution in [0.2, 0.25) is 0 Å². The van der Waals surface area contributed by atoms with E-state index in [-0.39, 0.29) is 17.6 Å². The van der Waals surface area contributed by atoms with E-state index in [0.29, 0.717) is 28.3 Å². The average molecular weight is 443 g/mol. The number of benzene rings is 2. The van der Waals surface area contributed by atoms with Crippen LogP contribution in [0.3, 0.4) is 0 Å². The highest BCUT2D eigenvalue weighted by molar-refractivity contribution is 8.04. The van der Waals surface area contributed by atoms with Crippen LogP contribution >= 0.6 is 11.8 Å². The second-order valence-corrected chi connectivity index (χ2v) is 8.64. The summed E-state index contributed by atoms with van der Waals surface area (Å²) in [6.07, 6.45) is 3.79. The maximum atomic E-state index is 13.9. The Hall–Kier alpha value is -2.64. The molecular weight excluding hydrogens is 413 g/mol. The van der Waals surface area contributed by atoms with Gasteiger partial charge in [0, 0.05) is 16.0 Å². The molecule has 0 saturated carbocycles. The Morgan fingerprint density at radius 1 is 1.13 bits per heavy atom. The van der Waals surface area contributed by atoms with E-state index in [1.165, 1.54) is 22.7 Å². The van der Waals surface area contributed by atoms with E-state index in [0.717, 1.165) is 37.4 Å². The molecule has 2 amide bonds.